The monoisotopic (exact) mass is 413 g/mol. The molecule has 0 spiro atoms. The second kappa shape index (κ2) is 6.76. The van der Waals surface area contributed by atoms with E-state index in [0.717, 1.165) is 45.5 Å². The molecular weight excluding hydrogens is 394 g/mol. The van der Waals surface area contributed by atoms with Crippen LogP contribution in [0.2, 0.25) is 0 Å². The predicted octanol–water partition coefficient (Wildman–Crippen LogP) is 4.69. The number of ether oxygens (including phenoxy) is 1. The van der Waals surface area contributed by atoms with Gasteiger partial charge in [0.1, 0.15) is 11.6 Å². The number of nitrogens with two attached hydrogens (primary N) is 1. The van der Waals surface area contributed by atoms with Crippen molar-refractivity contribution in [3.63, 3.8) is 0 Å². The molecule has 1 heterocycles. The fourth-order valence-corrected chi connectivity index (χ4v) is 4.33. The molecule has 134 valence electrons. The van der Waals surface area contributed by atoms with E-state index in [1.165, 1.54) is 12.8 Å². The summed E-state index contributed by atoms with van der Waals surface area (Å²) in [4.78, 5) is 16.4. The number of aromatic nitrogens is 2. The SMILES string of the molecule is COc1ccc(-c2nc3cc(C(N)=O)ccc3n2C2CCCC2)cc1Br. The number of hydrogen-bond donors (Lipinski definition) is 1. The van der Waals surface area contributed by atoms with Gasteiger partial charge in [-0.15, -0.1) is 0 Å². The van der Waals surface area contributed by atoms with Crippen LogP contribution < -0.4 is 10.5 Å². The van der Waals surface area contributed by atoms with E-state index in [2.05, 4.69) is 20.5 Å². The Morgan fingerprint density at radius 1 is 1.23 bits per heavy atom. The second-order valence-electron chi connectivity index (χ2n) is 6.66. The van der Waals surface area contributed by atoms with Crippen molar-refractivity contribution in [3.8, 4) is 17.1 Å². The highest BCUT2D eigenvalue weighted by atomic mass is 79.9. The van der Waals surface area contributed by atoms with Gasteiger partial charge in [-0.05, 0) is 65.2 Å². The van der Waals surface area contributed by atoms with Crippen LogP contribution in [0.1, 0.15) is 42.1 Å². The van der Waals surface area contributed by atoms with Crippen molar-refractivity contribution in [2.24, 2.45) is 5.73 Å². The van der Waals surface area contributed by atoms with Crippen molar-refractivity contribution in [1.82, 2.24) is 9.55 Å². The molecule has 5 nitrogen and oxygen atoms in total. The molecule has 0 atom stereocenters. The number of methoxy groups -OCH3 is 1. The number of carbonyl (C=O) groups excluding carboxylic acids is 1. The molecule has 2 aromatic carbocycles. The maximum absolute atomic E-state index is 11.5. The molecule has 1 fully saturated rings. The van der Waals surface area contributed by atoms with E-state index < -0.39 is 5.91 Å². The van der Waals surface area contributed by atoms with Crippen LogP contribution in [0.25, 0.3) is 22.4 Å². The number of imidazole rings is 1. The van der Waals surface area contributed by atoms with E-state index >= 15 is 0 Å². The van der Waals surface area contributed by atoms with Crippen molar-refractivity contribution in [3.05, 3.63) is 46.4 Å². The summed E-state index contributed by atoms with van der Waals surface area (Å²) in [6.45, 7) is 0. The quantitative estimate of drug-likeness (QED) is 0.674. The molecule has 3 aromatic rings. The molecule has 0 bridgehead atoms. The van der Waals surface area contributed by atoms with Crippen molar-refractivity contribution < 1.29 is 9.53 Å². The normalized spacial score (nSPS) is 14.8. The highest BCUT2D eigenvalue weighted by molar-refractivity contribution is 9.10. The molecule has 0 radical (unpaired) electrons. The standard InChI is InChI=1S/C20H20BrN3O2/c1-26-18-9-7-13(10-15(18)21)20-23-16-11-12(19(22)25)6-8-17(16)24(20)14-4-2-3-5-14/h6-11,14H,2-5H2,1H3,(H2,22,25). The second-order valence-corrected chi connectivity index (χ2v) is 7.52. The lowest BCUT2D eigenvalue weighted by Crippen LogP contribution is -2.10. The Labute approximate surface area is 160 Å². The van der Waals surface area contributed by atoms with Crippen LogP contribution in [0.3, 0.4) is 0 Å². The van der Waals surface area contributed by atoms with E-state index in [0.29, 0.717) is 11.6 Å². The fraction of sp³-hybridized carbons (Fsp3) is 0.300. The Hall–Kier alpha value is -2.34. The number of amides is 1. The van der Waals surface area contributed by atoms with Crippen LogP contribution in [-0.2, 0) is 0 Å². The first-order valence-electron chi connectivity index (χ1n) is 8.74. The summed E-state index contributed by atoms with van der Waals surface area (Å²) in [6.07, 6.45) is 4.76. The van der Waals surface area contributed by atoms with E-state index in [1.807, 2.05) is 24.3 Å². The van der Waals surface area contributed by atoms with Crippen LogP contribution in [-0.4, -0.2) is 22.6 Å². The summed E-state index contributed by atoms with van der Waals surface area (Å²) in [7, 11) is 1.65. The number of nitrogens with zero attached hydrogens (tertiary/aromatic N) is 2. The Bertz CT molecular complexity index is 990. The first kappa shape index (κ1) is 17.1. The third kappa shape index (κ3) is 2.88. The van der Waals surface area contributed by atoms with Crippen molar-refractivity contribution in [2.45, 2.75) is 31.7 Å². The average molecular weight is 414 g/mol. The van der Waals surface area contributed by atoms with Crippen molar-refractivity contribution in [2.75, 3.05) is 7.11 Å². The van der Waals surface area contributed by atoms with Crippen LogP contribution in [0, 0.1) is 0 Å². The van der Waals surface area contributed by atoms with E-state index in [-0.39, 0.29) is 0 Å². The lowest BCUT2D eigenvalue weighted by molar-refractivity contribution is 0.100. The van der Waals surface area contributed by atoms with E-state index in [1.54, 1.807) is 19.2 Å². The van der Waals surface area contributed by atoms with Gasteiger partial charge in [-0.1, -0.05) is 12.8 Å². The van der Waals surface area contributed by atoms with Gasteiger partial charge in [-0.2, -0.15) is 0 Å². The topological polar surface area (TPSA) is 70.1 Å². The zero-order valence-electron chi connectivity index (χ0n) is 14.5. The largest absolute Gasteiger partial charge is 0.496 e. The Kier molecular flexibility index (Phi) is 4.44. The summed E-state index contributed by atoms with van der Waals surface area (Å²) >= 11 is 3.56. The van der Waals surface area contributed by atoms with Gasteiger partial charge < -0.3 is 15.0 Å². The summed E-state index contributed by atoms with van der Waals surface area (Å²) in [5, 5.41) is 0. The van der Waals surface area contributed by atoms with Crippen LogP contribution in [0.15, 0.2) is 40.9 Å². The number of benzene rings is 2. The first-order valence-corrected chi connectivity index (χ1v) is 9.53. The third-order valence-corrected chi connectivity index (χ3v) is 5.69. The molecule has 2 N–H and O–H groups in total. The zero-order chi connectivity index (χ0) is 18.3. The summed E-state index contributed by atoms with van der Waals surface area (Å²) in [5.74, 6) is 1.27. The summed E-state index contributed by atoms with van der Waals surface area (Å²) in [6, 6.07) is 11.9. The van der Waals surface area contributed by atoms with Gasteiger partial charge in [0.2, 0.25) is 5.91 Å². The number of carbonyl (C=O) groups is 1. The molecule has 1 aromatic heterocycles. The van der Waals surface area contributed by atoms with Gasteiger partial charge in [-0.25, -0.2) is 4.98 Å². The maximum atomic E-state index is 11.5. The minimum atomic E-state index is -0.434. The molecular formula is C20H20BrN3O2. The van der Waals surface area contributed by atoms with Crippen LogP contribution in [0.5, 0.6) is 5.75 Å². The number of hydrogen-bond acceptors (Lipinski definition) is 3. The summed E-state index contributed by atoms with van der Waals surface area (Å²) in [5.41, 5.74) is 8.79. The van der Waals surface area contributed by atoms with Crippen LogP contribution >= 0.6 is 15.9 Å². The highest BCUT2D eigenvalue weighted by Gasteiger charge is 2.24. The molecule has 26 heavy (non-hydrogen) atoms. The molecule has 1 saturated carbocycles. The molecule has 1 aliphatic rings. The molecule has 1 amide bonds. The van der Waals surface area contributed by atoms with Crippen molar-refractivity contribution >= 4 is 32.9 Å². The summed E-state index contributed by atoms with van der Waals surface area (Å²) < 4.78 is 8.55. The van der Waals surface area contributed by atoms with Gasteiger partial charge in [0.15, 0.2) is 0 Å². The van der Waals surface area contributed by atoms with Gasteiger partial charge in [0.05, 0.1) is 22.6 Å². The molecule has 0 aliphatic heterocycles. The molecule has 4 rings (SSSR count). The number of primary amides is 1. The fourth-order valence-electron chi connectivity index (χ4n) is 3.79. The first-order chi connectivity index (χ1) is 12.6. The predicted molar refractivity (Wildman–Crippen MR) is 105 cm³/mol. The lowest BCUT2D eigenvalue weighted by Gasteiger charge is -2.17. The maximum Gasteiger partial charge on any atom is 0.248 e. The zero-order valence-corrected chi connectivity index (χ0v) is 16.1. The van der Waals surface area contributed by atoms with Crippen LogP contribution in [0.4, 0.5) is 0 Å². The van der Waals surface area contributed by atoms with Gasteiger partial charge in [0, 0.05) is 17.2 Å². The number of rotatable bonds is 4. The Balaban J connectivity index is 1.93. The lowest BCUT2D eigenvalue weighted by atomic mass is 10.1. The minimum Gasteiger partial charge on any atom is -0.496 e. The van der Waals surface area contributed by atoms with Crippen molar-refractivity contribution in [1.29, 1.82) is 0 Å². The minimum absolute atomic E-state index is 0.426. The number of halogens is 1. The van der Waals surface area contributed by atoms with E-state index in [4.69, 9.17) is 15.5 Å². The molecule has 0 unspecified atom stereocenters. The average Bonchev–Trinajstić information content (AvgIpc) is 3.27. The van der Waals surface area contributed by atoms with Gasteiger partial charge in [0.25, 0.3) is 0 Å². The molecule has 6 heteroatoms. The third-order valence-electron chi connectivity index (χ3n) is 5.07. The Morgan fingerprint density at radius 3 is 2.65 bits per heavy atom. The number of fused-ring (bicyclic) bond motifs is 1. The van der Waals surface area contributed by atoms with Gasteiger partial charge >= 0.3 is 0 Å². The van der Waals surface area contributed by atoms with Gasteiger partial charge in [-0.3, -0.25) is 4.79 Å². The highest BCUT2D eigenvalue weighted by Crippen LogP contribution is 2.38. The smallest absolute Gasteiger partial charge is 0.248 e. The molecule has 0 saturated heterocycles. The van der Waals surface area contributed by atoms with E-state index in [9.17, 15) is 4.79 Å². The molecule has 1 aliphatic carbocycles. The Morgan fingerprint density at radius 2 is 2.00 bits per heavy atom.